The van der Waals surface area contributed by atoms with Crippen LogP contribution >= 0.6 is 34.8 Å². The number of fused-ring (bicyclic) bond motifs is 3. The molecule has 4 nitrogen and oxygen atoms in total. The topological polar surface area (TPSA) is 58.6 Å². The highest BCUT2D eigenvalue weighted by Crippen LogP contribution is 2.51. The van der Waals surface area contributed by atoms with Crippen molar-refractivity contribution in [2.45, 2.75) is 18.6 Å². The molecular weight excluding hydrogens is 312 g/mol. The largest absolute Gasteiger partial charge is 0.480 e. The van der Waals surface area contributed by atoms with Gasteiger partial charge in [-0.3, -0.25) is 0 Å². The Balaban J connectivity index is 2.19. The summed E-state index contributed by atoms with van der Waals surface area (Å²) in [6.45, 7) is 0.501. The molecule has 102 valence electrons. The molecule has 7 heteroatoms. The summed E-state index contributed by atoms with van der Waals surface area (Å²) in [7, 11) is 0. The van der Waals surface area contributed by atoms with Gasteiger partial charge in [0.2, 0.25) is 0 Å². The zero-order valence-corrected chi connectivity index (χ0v) is 11.9. The highest BCUT2D eigenvalue weighted by molar-refractivity contribution is 6.44. The van der Waals surface area contributed by atoms with Crippen LogP contribution in [-0.2, 0) is 9.53 Å². The Morgan fingerprint density at radius 2 is 2.11 bits per heavy atom. The van der Waals surface area contributed by atoms with E-state index in [0.717, 1.165) is 0 Å². The Morgan fingerprint density at radius 3 is 2.79 bits per heavy atom. The number of carboxylic acid groups (broad SMARTS) is 1. The SMILES string of the molecule is O=C(O)C1Nc2c(Cl)cc(Cl)c(Cl)c2C2OCCC12. The molecule has 0 saturated carbocycles. The van der Waals surface area contributed by atoms with Gasteiger partial charge in [-0.25, -0.2) is 4.79 Å². The molecule has 19 heavy (non-hydrogen) atoms. The van der Waals surface area contributed by atoms with Gasteiger partial charge in [-0.15, -0.1) is 0 Å². The van der Waals surface area contributed by atoms with Crippen molar-refractivity contribution in [3.63, 3.8) is 0 Å². The third-order valence-corrected chi connectivity index (χ3v) is 4.72. The van der Waals surface area contributed by atoms with Crippen LogP contribution in [0.2, 0.25) is 15.1 Å². The molecule has 3 rings (SSSR count). The zero-order valence-electron chi connectivity index (χ0n) is 9.62. The molecule has 0 radical (unpaired) electrons. The summed E-state index contributed by atoms with van der Waals surface area (Å²) >= 11 is 18.4. The lowest BCUT2D eigenvalue weighted by Gasteiger charge is -2.35. The van der Waals surface area contributed by atoms with Crippen molar-refractivity contribution < 1.29 is 14.6 Å². The fourth-order valence-corrected chi connectivity index (χ4v) is 3.57. The van der Waals surface area contributed by atoms with Crippen molar-refractivity contribution >= 4 is 46.5 Å². The van der Waals surface area contributed by atoms with Crippen molar-refractivity contribution in [1.29, 1.82) is 0 Å². The van der Waals surface area contributed by atoms with E-state index in [2.05, 4.69) is 5.32 Å². The first-order valence-electron chi connectivity index (χ1n) is 5.79. The standard InChI is InChI=1S/C12H10Cl3NO3/c13-5-3-6(14)10-7(8(5)15)11-4(1-2-19-11)9(16-10)12(17)18/h3-4,9,11,16H,1-2H2,(H,17,18). The molecule has 1 saturated heterocycles. The maximum absolute atomic E-state index is 11.3. The van der Waals surface area contributed by atoms with Gasteiger partial charge in [0.1, 0.15) is 6.04 Å². The Labute approximate surface area is 124 Å². The van der Waals surface area contributed by atoms with Crippen LogP contribution in [0, 0.1) is 5.92 Å². The number of carboxylic acids is 1. The highest BCUT2D eigenvalue weighted by Gasteiger charge is 2.46. The van der Waals surface area contributed by atoms with Crippen molar-refractivity contribution in [2.75, 3.05) is 11.9 Å². The van der Waals surface area contributed by atoms with E-state index in [0.29, 0.717) is 39.3 Å². The molecule has 2 N–H and O–H groups in total. The van der Waals surface area contributed by atoms with Crippen molar-refractivity contribution in [3.8, 4) is 0 Å². The van der Waals surface area contributed by atoms with E-state index in [1.807, 2.05) is 0 Å². The number of halogens is 3. The minimum absolute atomic E-state index is 0.169. The van der Waals surface area contributed by atoms with Gasteiger partial charge in [0, 0.05) is 18.1 Å². The van der Waals surface area contributed by atoms with Gasteiger partial charge < -0.3 is 15.2 Å². The fraction of sp³-hybridized carbons (Fsp3) is 0.417. The summed E-state index contributed by atoms with van der Waals surface area (Å²) in [4.78, 5) is 11.3. The van der Waals surface area contributed by atoms with Crippen LogP contribution in [0.3, 0.4) is 0 Å². The molecular formula is C12H10Cl3NO3. The summed E-state index contributed by atoms with van der Waals surface area (Å²) in [6, 6.07) is 0.778. The first kappa shape index (κ1) is 13.3. The molecule has 3 unspecified atom stereocenters. The summed E-state index contributed by atoms with van der Waals surface area (Å²) in [5.74, 6) is -1.09. The van der Waals surface area contributed by atoms with Gasteiger partial charge in [0.25, 0.3) is 0 Å². The van der Waals surface area contributed by atoms with E-state index in [1.165, 1.54) is 6.07 Å². The number of aliphatic carboxylic acids is 1. The molecule has 1 aromatic carbocycles. The van der Waals surface area contributed by atoms with Crippen LogP contribution in [-0.4, -0.2) is 23.7 Å². The Bertz CT molecular complexity index is 564. The summed E-state index contributed by atoms with van der Waals surface area (Å²) in [5.41, 5.74) is 1.17. The molecule has 2 aliphatic rings. The number of nitrogens with one attached hydrogen (secondary N) is 1. The maximum atomic E-state index is 11.3. The van der Waals surface area contributed by atoms with E-state index < -0.39 is 12.0 Å². The predicted octanol–water partition coefficient (Wildman–Crippen LogP) is 3.60. The molecule has 1 fully saturated rings. The Hall–Kier alpha value is -0.680. The van der Waals surface area contributed by atoms with Crippen LogP contribution in [0.4, 0.5) is 5.69 Å². The maximum Gasteiger partial charge on any atom is 0.326 e. The third kappa shape index (κ3) is 1.98. The summed E-state index contributed by atoms with van der Waals surface area (Å²) in [6.07, 6.45) is 0.287. The monoisotopic (exact) mass is 321 g/mol. The minimum atomic E-state index is -0.923. The first-order valence-corrected chi connectivity index (χ1v) is 6.92. The number of rotatable bonds is 1. The highest BCUT2D eigenvalue weighted by atomic mass is 35.5. The first-order chi connectivity index (χ1) is 9.00. The number of hydrogen-bond donors (Lipinski definition) is 2. The van der Waals surface area contributed by atoms with Gasteiger partial charge >= 0.3 is 5.97 Å². The van der Waals surface area contributed by atoms with Gasteiger partial charge in [0.05, 0.1) is 26.9 Å². The molecule has 0 amide bonds. The van der Waals surface area contributed by atoms with Gasteiger partial charge in [-0.2, -0.15) is 0 Å². The van der Waals surface area contributed by atoms with Gasteiger partial charge in [-0.1, -0.05) is 34.8 Å². The second-order valence-electron chi connectivity index (χ2n) is 4.65. The number of benzene rings is 1. The second-order valence-corrected chi connectivity index (χ2v) is 5.84. The molecule has 0 bridgehead atoms. The fourth-order valence-electron chi connectivity index (χ4n) is 2.78. The van der Waals surface area contributed by atoms with Crippen LogP contribution < -0.4 is 5.32 Å². The Morgan fingerprint density at radius 1 is 1.37 bits per heavy atom. The van der Waals surface area contributed by atoms with E-state index in [1.54, 1.807) is 0 Å². The molecule has 1 aromatic rings. The van der Waals surface area contributed by atoms with E-state index in [4.69, 9.17) is 39.5 Å². The second kappa shape index (κ2) is 4.70. The number of hydrogen-bond acceptors (Lipinski definition) is 3. The van der Waals surface area contributed by atoms with Crippen molar-refractivity contribution in [1.82, 2.24) is 0 Å². The average Bonchev–Trinajstić information content (AvgIpc) is 2.82. The van der Waals surface area contributed by atoms with Gasteiger partial charge in [-0.05, 0) is 12.5 Å². The molecule has 2 aliphatic heterocycles. The van der Waals surface area contributed by atoms with E-state index in [9.17, 15) is 9.90 Å². The minimum Gasteiger partial charge on any atom is -0.480 e. The van der Waals surface area contributed by atoms with Crippen molar-refractivity contribution in [3.05, 3.63) is 26.7 Å². The number of carbonyl (C=O) groups is 1. The third-order valence-electron chi connectivity index (χ3n) is 3.62. The molecule has 0 spiro atoms. The van der Waals surface area contributed by atoms with Crippen LogP contribution in [0.25, 0.3) is 0 Å². The lowest BCUT2D eigenvalue weighted by Crippen LogP contribution is -2.42. The summed E-state index contributed by atoms with van der Waals surface area (Å²) in [5, 5.41) is 13.3. The molecule has 0 aliphatic carbocycles. The van der Waals surface area contributed by atoms with Crippen LogP contribution in [0.1, 0.15) is 18.1 Å². The molecule has 2 heterocycles. The Kier molecular flexibility index (Phi) is 3.29. The van der Waals surface area contributed by atoms with Gasteiger partial charge in [0.15, 0.2) is 0 Å². The lowest BCUT2D eigenvalue weighted by atomic mass is 9.84. The smallest absolute Gasteiger partial charge is 0.326 e. The van der Waals surface area contributed by atoms with E-state index >= 15 is 0 Å². The quantitative estimate of drug-likeness (QED) is 0.776. The molecule has 0 aromatic heterocycles. The summed E-state index contributed by atoms with van der Waals surface area (Å²) < 4.78 is 5.65. The van der Waals surface area contributed by atoms with E-state index in [-0.39, 0.29) is 12.0 Å². The predicted molar refractivity (Wildman–Crippen MR) is 73.3 cm³/mol. The zero-order chi connectivity index (χ0) is 13.7. The van der Waals surface area contributed by atoms with Crippen LogP contribution in [0.5, 0.6) is 0 Å². The van der Waals surface area contributed by atoms with Crippen molar-refractivity contribution in [2.24, 2.45) is 5.92 Å². The number of ether oxygens (including phenoxy) is 1. The normalized spacial score (nSPS) is 28.5. The molecule has 3 atom stereocenters. The lowest BCUT2D eigenvalue weighted by molar-refractivity contribution is -0.139. The number of anilines is 1. The average molecular weight is 323 g/mol. The van der Waals surface area contributed by atoms with Crippen LogP contribution in [0.15, 0.2) is 6.07 Å².